The lowest BCUT2D eigenvalue weighted by Gasteiger charge is -2.05. The lowest BCUT2D eigenvalue weighted by atomic mass is 10.2. The van der Waals surface area contributed by atoms with E-state index in [-0.39, 0.29) is 11.5 Å². The first kappa shape index (κ1) is 18.0. The van der Waals surface area contributed by atoms with Crippen LogP contribution in [0.25, 0.3) is 11.3 Å². The van der Waals surface area contributed by atoms with Gasteiger partial charge in [-0.05, 0) is 24.3 Å². The number of aromatic hydroxyl groups is 2. The normalized spacial score (nSPS) is 12.0. The number of phenolic OH excluding ortho intramolecular Hbond substituents is 2. The number of hydrogen-bond acceptors (Lipinski definition) is 5. The highest BCUT2D eigenvalue weighted by Gasteiger charge is 2.09. The van der Waals surface area contributed by atoms with E-state index in [1.165, 1.54) is 23.6 Å². The van der Waals surface area contributed by atoms with Crippen molar-refractivity contribution in [2.75, 3.05) is 6.54 Å². The fourth-order valence-corrected chi connectivity index (χ4v) is 3.32. The van der Waals surface area contributed by atoms with Gasteiger partial charge in [-0.2, -0.15) is 5.10 Å². The summed E-state index contributed by atoms with van der Waals surface area (Å²) in [7, 11) is 0. The lowest BCUT2D eigenvalue weighted by molar-refractivity contribution is 0.403. The molecule has 0 aliphatic carbocycles. The second-order valence-corrected chi connectivity index (χ2v) is 6.59. The maximum atomic E-state index is 9.96. The zero-order valence-corrected chi connectivity index (χ0v) is 15.3. The van der Waals surface area contributed by atoms with Crippen LogP contribution in [0.2, 0.25) is 5.02 Å². The number of aromatic nitrogens is 1. The Morgan fingerprint density at radius 1 is 1.19 bits per heavy atom. The van der Waals surface area contributed by atoms with Gasteiger partial charge in [-0.15, -0.1) is 17.9 Å². The molecule has 2 aromatic carbocycles. The van der Waals surface area contributed by atoms with E-state index in [1.807, 2.05) is 23.6 Å². The highest BCUT2D eigenvalue weighted by molar-refractivity contribution is 7.07. The number of hydrogen-bond donors (Lipinski definition) is 2. The van der Waals surface area contributed by atoms with E-state index in [4.69, 9.17) is 11.6 Å². The third-order valence-electron chi connectivity index (χ3n) is 3.52. The Balaban J connectivity index is 2.11. The SMILES string of the molecule is C=CCN=c1scc(-c2cccc(Cl)c2)n1N=Cc1cccc(O)c1O. The minimum absolute atomic E-state index is 0.198. The van der Waals surface area contributed by atoms with Gasteiger partial charge in [0.25, 0.3) is 0 Å². The van der Waals surface area contributed by atoms with Crippen LogP contribution in [0, 0.1) is 0 Å². The zero-order chi connectivity index (χ0) is 18.5. The smallest absolute Gasteiger partial charge is 0.206 e. The zero-order valence-electron chi connectivity index (χ0n) is 13.7. The summed E-state index contributed by atoms with van der Waals surface area (Å²) in [6.45, 7) is 4.14. The number of thiazole rings is 1. The van der Waals surface area contributed by atoms with Gasteiger partial charge in [-0.25, -0.2) is 4.68 Å². The molecule has 1 heterocycles. The summed E-state index contributed by atoms with van der Waals surface area (Å²) >= 11 is 7.55. The van der Waals surface area contributed by atoms with Crippen molar-refractivity contribution in [2.24, 2.45) is 10.1 Å². The van der Waals surface area contributed by atoms with Gasteiger partial charge in [0.2, 0.25) is 4.80 Å². The minimum atomic E-state index is -0.221. The van der Waals surface area contributed by atoms with Crippen LogP contribution in [0.5, 0.6) is 11.5 Å². The van der Waals surface area contributed by atoms with Crippen molar-refractivity contribution in [1.82, 2.24) is 4.68 Å². The Bertz CT molecular complexity index is 1040. The Kier molecular flexibility index (Phi) is 5.55. The molecule has 0 bridgehead atoms. The largest absolute Gasteiger partial charge is 0.504 e. The monoisotopic (exact) mass is 385 g/mol. The van der Waals surface area contributed by atoms with Gasteiger partial charge >= 0.3 is 0 Å². The highest BCUT2D eigenvalue weighted by atomic mass is 35.5. The molecule has 26 heavy (non-hydrogen) atoms. The summed E-state index contributed by atoms with van der Waals surface area (Å²) < 4.78 is 1.67. The molecular formula is C19H16ClN3O2S. The molecule has 0 atom stereocenters. The maximum absolute atomic E-state index is 9.96. The number of halogens is 1. The molecule has 0 fully saturated rings. The van der Waals surface area contributed by atoms with Gasteiger partial charge < -0.3 is 10.2 Å². The summed E-state index contributed by atoms with van der Waals surface area (Å²) in [5, 5.41) is 26.6. The quantitative estimate of drug-likeness (QED) is 0.391. The van der Waals surface area contributed by atoms with Crippen LogP contribution in [0.15, 0.2) is 70.6 Å². The van der Waals surface area contributed by atoms with Gasteiger partial charge in [0.1, 0.15) is 0 Å². The average Bonchev–Trinajstić information content (AvgIpc) is 3.04. The molecule has 0 amide bonds. The minimum Gasteiger partial charge on any atom is -0.504 e. The molecule has 0 spiro atoms. The van der Waals surface area contributed by atoms with Gasteiger partial charge in [0, 0.05) is 21.5 Å². The summed E-state index contributed by atoms with van der Waals surface area (Å²) in [4.78, 5) is 5.13. The van der Waals surface area contributed by atoms with E-state index in [0.717, 1.165) is 11.3 Å². The molecule has 7 heteroatoms. The third-order valence-corrected chi connectivity index (χ3v) is 4.61. The number of para-hydroxylation sites is 1. The molecule has 132 valence electrons. The summed E-state index contributed by atoms with van der Waals surface area (Å²) in [5.74, 6) is -0.420. The van der Waals surface area contributed by atoms with E-state index in [2.05, 4.69) is 16.7 Å². The van der Waals surface area contributed by atoms with Crippen molar-refractivity contribution in [2.45, 2.75) is 0 Å². The Labute approximate surface area is 159 Å². The molecule has 0 radical (unpaired) electrons. The first-order chi connectivity index (χ1) is 12.6. The summed E-state index contributed by atoms with van der Waals surface area (Å²) in [6.07, 6.45) is 3.18. The van der Waals surface area contributed by atoms with Crippen molar-refractivity contribution in [1.29, 1.82) is 0 Å². The lowest BCUT2D eigenvalue weighted by Crippen LogP contribution is -2.12. The van der Waals surface area contributed by atoms with Crippen LogP contribution >= 0.6 is 22.9 Å². The van der Waals surface area contributed by atoms with Crippen LogP contribution in [-0.4, -0.2) is 27.6 Å². The van der Waals surface area contributed by atoms with Crippen molar-refractivity contribution in [3.8, 4) is 22.8 Å². The van der Waals surface area contributed by atoms with Crippen LogP contribution in [0.4, 0.5) is 0 Å². The number of phenols is 2. The second kappa shape index (κ2) is 8.03. The van der Waals surface area contributed by atoms with Crippen LogP contribution in [0.1, 0.15) is 5.56 Å². The number of nitrogens with zero attached hydrogens (tertiary/aromatic N) is 3. The predicted molar refractivity (Wildman–Crippen MR) is 106 cm³/mol. The molecule has 0 aliphatic rings. The highest BCUT2D eigenvalue weighted by Crippen LogP contribution is 2.27. The van der Waals surface area contributed by atoms with E-state index >= 15 is 0 Å². The molecule has 5 nitrogen and oxygen atoms in total. The molecule has 0 unspecified atom stereocenters. The van der Waals surface area contributed by atoms with Crippen molar-refractivity contribution >= 4 is 29.2 Å². The first-order valence-corrected chi connectivity index (χ1v) is 8.99. The molecule has 0 saturated heterocycles. The Morgan fingerprint density at radius 3 is 2.77 bits per heavy atom. The summed E-state index contributed by atoms with van der Waals surface area (Å²) in [5.41, 5.74) is 2.11. The van der Waals surface area contributed by atoms with Gasteiger partial charge in [-0.3, -0.25) is 4.99 Å². The molecule has 0 saturated carbocycles. The fraction of sp³-hybridized carbons (Fsp3) is 0.0526. The van der Waals surface area contributed by atoms with Gasteiger partial charge in [0.15, 0.2) is 11.5 Å². The van der Waals surface area contributed by atoms with Crippen LogP contribution < -0.4 is 4.80 Å². The van der Waals surface area contributed by atoms with Crippen LogP contribution in [-0.2, 0) is 0 Å². The van der Waals surface area contributed by atoms with Crippen molar-refractivity contribution in [3.05, 3.63) is 75.9 Å². The van der Waals surface area contributed by atoms with E-state index < -0.39 is 0 Å². The number of benzene rings is 2. The maximum Gasteiger partial charge on any atom is 0.206 e. The third kappa shape index (κ3) is 3.87. The molecule has 3 aromatic rings. The second-order valence-electron chi connectivity index (χ2n) is 5.31. The van der Waals surface area contributed by atoms with E-state index in [9.17, 15) is 10.2 Å². The van der Waals surface area contributed by atoms with Gasteiger partial charge in [0.05, 0.1) is 18.5 Å². The predicted octanol–water partition coefficient (Wildman–Crippen LogP) is 4.25. The van der Waals surface area contributed by atoms with E-state index in [0.29, 0.717) is 21.9 Å². The molecule has 0 aliphatic heterocycles. The Hall–Kier alpha value is -2.83. The van der Waals surface area contributed by atoms with Crippen LogP contribution in [0.3, 0.4) is 0 Å². The van der Waals surface area contributed by atoms with Crippen molar-refractivity contribution in [3.63, 3.8) is 0 Å². The number of rotatable bonds is 5. The topological polar surface area (TPSA) is 70.1 Å². The van der Waals surface area contributed by atoms with E-state index in [1.54, 1.807) is 29.0 Å². The van der Waals surface area contributed by atoms with Crippen molar-refractivity contribution < 1.29 is 10.2 Å². The molecule has 2 N–H and O–H groups in total. The fourth-order valence-electron chi connectivity index (χ4n) is 2.28. The summed E-state index contributed by atoms with van der Waals surface area (Å²) in [6, 6.07) is 12.2. The molecule has 3 rings (SSSR count). The molecule has 1 aromatic heterocycles. The first-order valence-electron chi connectivity index (χ1n) is 7.73. The van der Waals surface area contributed by atoms with Gasteiger partial charge in [-0.1, -0.05) is 35.9 Å². The molecular weight excluding hydrogens is 370 g/mol. The Morgan fingerprint density at radius 2 is 2.00 bits per heavy atom. The average molecular weight is 386 g/mol. The standard InChI is InChI=1S/C19H16ClN3O2S/c1-2-9-21-19-23(22-11-14-6-4-8-17(24)18(14)25)16(12-26-19)13-5-3-7-15(20)10-13/h2-8,10-12,24-25H,1,9H2.